The highest BCUT2D eigenvalue weighted by Crippen LogP contribution is 2.29. The second-order valence-corrected chi connectivity index (χ2v) is 5.59. The molecule has 0 atom stereocenters. The average molecular weight is 367 g/mol. The molecule has 0 aliphatic heterocycles. The van der Waals surface area contributed by atoms with Gasteiger partial charge in [0.15, 0.2) is 0 Å². The van der Waals surface area contributed by atoms with Gasteiger partial charge in [0.05, 0.1) is 10.5 Å². The minimum Gasteiger partial charge on any atom is -0.383 e. The van der Waals surface area contributed by atoms with Crippen LogP contribution in [-0.4, -0.2) is 29.8 Å². The molecule has 0 aliphatic rings. The van der Waals surface area contributed by atoms with Crippen molar-refractivity contribution in [1.82, 2.24) is 4.90 Å². The molecule has 2 aromatic carbocycles. The van der Waals surface area contributed by atoms with Crippen LogP contribution in [0.25, 0.3) is 0 Å². The summed E-state index contributed by atoms with van der Waals surface area (Å²) in [5, 5.41) is 13.7. The number of nitro benzene ring substituents is 1. The lowest BCUT2D eigenvalue weighted by Crippen LogP contribution is -2.26. The number of hydrogen-bond donors (Lipinski definition) is 1. The van der Waals surface area contributed by atoms with E-state index in [1.165, 1.54) is 43.3 Å². The normalized spacial score (nSPS) is 11.1. The molecule has 138 valence electrons. The molecule has 0 saturated heterocycles. The fourth-order valence-corrected chi connectivity index (χ4v) is 2.39. The van der Waals surface area contributed by atoms with Gasteiger partial charge in [-0.25, -0.2) is 0 Å². The van der Waals surface area contributed by atoms with Gasteiger partial charge in [-0.2, -0.15) is 13.2 Å². The maximum atomic E-state index is 12.6. The van der Waals surface area contributed by atoms with Gasteiger partial charge in [-0.15, -0.1) is 0 Å². The minimum atomic E-state index is -4.42. The van der Waals surface area contributed by atoms with E-state index < -0.39 is 22.6 Å². The molecule has 0 unspecified atom stereocenters. The zero-order valence-corrected chi connectivity index (χ0v) is 14.0. The van der Waals surface area contributed by atoms with Crippen LogP contribution < -0.4 is 5.32 Å². The fraction of sp³-hybridized carbons (Fsp3) is 0.235. The molecule has 2 rings (SSSR count). The third-order valence-electron chi connectivity index (χ3n) is 3.76. The van der Waals surface area contributed by atoms with Crippen molar-refractivity contribution >= 4 is 17.3 Å². The number of hydrogen-bond acceptors (Lipinski definition) is 4. The smallest absolute Gasteiger partial charge is 0.383 e. The second-order valence-electron chi connectivity index (χ2n) is 5.59. The maximum Gasteiger partial charge on any atom is 0.416 e. The first kappa shape index (κ1) is 19.2. The molecular formula is C17H16F3N3O3. The van der Waals surface area contributed by atoms with Crippen LogP contribution in [0.1, 0.15) is 21.5 Å². The van der Waals surface area contributed by atoms with Crippen molar-refractivity contribution in [2.24, 2.45) is 0 Å². The minimum absolute atomic E-state index is 0.0680. The second kappa shape index (κ2) is 7.42. The molecule has 0 radical (unpaired) electrons. The Kier molecular flexibility index (Phi) is 5.49. The van der Waals surface area contributed by atoms with Crippen LogP contribution in [0.2, 0.25) is 0 Å². The number of carbonyl (C=O) groups is 1. The lowest BCUT2D eigenvalue weighted by atomic mass is 10.1. The third kappa shape index (κ3) is 4.29. The Morgan fingerprint density at radius 3 is 2.31 bits per heavy atom. The van der Waals surface area contributed by atoms with E-state index in [1.54, 1.807) is 0 Å². The van der Waals surface area contributed by atoms with Crippen molar-refractivity contribution in [3.05, 3.63) is 69.3 Å². The van der Waals surface area contributed by atoms with Crippen molar-refractivity contribution < 1.29 is 22.9 Å². The Bertz CT molecular complexity index is 820. The molecule has 1 amide bonds. The molecule has 0 saturated carbocycles. The number of amides is 1. The van der Waals surface area contributed by atoms with Gasteiger partial charge in [0.1, 0.15) is 5.69 Å². The summed E-state index contributed by atoms with van der Waals surface area (Å²) in [6, 6.07) is 8.51. The van der Waals surface area contributed by atoms with Gasteiger partial charge in [0.25, 0.3) is 11.6 Å². The lowest BCUT2D eigenvalue weighted by Gasteiger charge is -2.18. The largest absolute Gasteiger partial charge is 0.416 e. The number of nitrogens with one attached hydrogen (secondary N) is 1. The molecule has 1 N–H and O–H groups in total. The van der Waals surface area contributed by atoms with Crippen LogP contribution in [0.5, 0.6) is 0 Å². The van der Waals surface area contributed by atoms with Gasteiger partial charge in [-0.05, 0) is 29.8 Å². The average Bonchev–Trinajstić information content (AvgIpc) is 2.60. The first-order valence-corrected chi connectivity index (χ1v) is 7.51. The van der Waals surface area contributed by atoms with Gasteiger partial charge in [0, 0.05) is 32.3 Å². The first-order valence-electron chi connectivity index (χ1n) is 7.51. The zero-order chi connectivity index (χ0) is 19.5. The van der Waals surface area contributed by atoms with Crippen molar-refractivity contribution in [2.45, 2.75) is 12.7 Å². The van der Waals surface area contributed by atoms with Crippen LogP contribution in [0.4, 0.5) is 24.5 Å². The van der Waals surface area contributed by atoms with E-state index in [4.69, 9.17) is 0 Å². The number of alkyl halides is 3. The van der Waals surface area contributed by atoms with E-state index in [2.05, 4.69) is 5.32 Å². The summed E-state index contributed by atoms with van der Waals surface area (Å²) in [6.45, 7) is 0.0680. The number of nitrogens with zero attached hydrogens (tertiary/aromatic N) is 2. The molecule has 0 aromatic heterocycles. The number of rotatable bonds is 5. The molecule has 2 aromatic rings. The summed E-state index contributed by atoms with van der Waals surface area (Å²) < 4.78 is 37.7. The maximum absolute atomic E-state index is 12.6. The summed E-state index contributed by atoms with van der Waals surface area (Å²) in [5.41, 5.74) is -0.105. The third-order valence-corrected chi connectivity index (χ3v) is 3.76. The molecule has 26 heavy (non-hydrogen) atoms. The highest BCUT2D eigenvalue weighted by atomic mass is 19.4. The van der Waals surface area contributed by atoms with Crippen LogP contribution in [0, 0.1) is 10.1 Å². The molecule has 0 bridgehead atoms. The molecule has 0 fully saturated rings. The Labute approximate surface area is 147 Å². The van der Waals surface area contributed by atoms with Crippen LogP contribution >= 0.6 is 0 Å². The summed E-state index contributed by atoms with van der Waals surface area (Å²) in [6.07, 6.45) is -4.42. The van der Waals surface area contributed by atoms with E-state index in [0.717, 1.165) is 18.2 Å². The fourth-order valence-electron chi connectivity index (χ4n) is 2.39. The molecule has 6 nitrogen and oxygen atoms in total. The van der Waals surface area contributed by atoms with Gasteiger partial charge < -0.3 is 10.2 Å². The number of benzene rings is 2. The van der Waals surface area contributed by atoms with Crippen LogP contribution in [0.15, 0.2) is 42.5 Å². The van der Waals surface area contributed by atoms with Gasteiger partial charge in [-0.3, -0.25) is 14.9 Å². The van der Waals surface area contributed by atoms with Crippen molar-refractivity contribution in [1.29, 1.82) is 0 Å². The number of nitro groups is 1. The van der Waals surface area contributed by atoms with E-state index in [0.29, 0.717) is 5.56 Å². The van der Waals surface area contributed by atoms with Gasteiger partial charge >= 0.3 is 6.18 Å². The van der Waals surface area contributed by atoms with E-state index in [-0.39, 0.29) is 23.5 Å². The Morgan fingerprint density at radius 2 is 1.81 bits per heavy atom. The SMILES string of the molecule is CNc1ccc(C(=O)N(C)Cc2ccc(C(F)(F)F)cc2)cc1[N+](=O)[O-]. The molecule has 0 spiro atoms. The first-order chi connectivity index (χ1) is 12.1. The summed E-state index contributed by atoms with van der Waals surface area (Å²) in [4.78, 5) is 24.2. The Morgan fingerprint density at radius 1 is 1.19 bits per heavy atom. The predicted octanol–water partition coefficient (Wildman–Crippen LogP) is 3.93. The van der Waals surface area contributed by atoms with E-state index in [1.807, 2.05) is 0 Å². The summed E-state index contributed by atoms with van der Waals surface area (Å²) in [7, 11) is 3.00. The van der Waals surface area contributed by atoms with Crippen LogP contribution in [0.3, 0.4) is 0 Å². The van der Waals surface area contributed by atoms with Crippen LogP contribution in [-0.2, 0) is 12.7 Å². The molecular weight excluding hydrogens is 351 g/mol. The molecule has 0 aliphatic carbocycles. The molecule has 0 heterocycles. The van der Waals surface area contributed by atoms with Gasteiger partial charge in [-0.1, -0.05) is 12.1 Å². The highest BCUT2D eigenvalue weighted by molar-refractivity contribution is 5.95. The monoisotopic (exact) mass is 367 g/mol. The topological polar surface area (TPSA) is 75.5 Å². The Balaban J connectivity index is 2.17. The van der Waals surface area contributed by atoms with Crippen molar-refractivity contribution in [3.8, 4) is 0 Å². The number of halogens is 3. The van der Waals surface area contributed by atoms with Gasteiger partial charge in [0.2, 0.25) is 0 Å². The quantitative estimate of drug-likeness (QED) is 0.642. The lowest BCUT2D eigenvalue weighted by molar-refractivity contribution is -0.384. The number of anilines is 1. The predicted molar refractivity (Wildman–Crippen MR) is 89.9 cm³/mol. The summed E-state index contributed by atoms with van der Waals surface area (Å²) >= 11 is 0. The van der Waals surface area contributed by atoms with E-state index >= 15 is 0 Å². The highest BCUT2D eigenvalue weighted by Gasteiger charge is 2.30. The zero-order valence-electron chi connectivity index (χ0n) is 14.0. The van der Waals surface area contributed by atoms with Crippen molar-refractivity contribution in [3.63, 3.8) is 0 Å². The Hall–Kier alpha value is -3.10. The summed E-state index contributed by atoms with van der Waals surface area (Å²) in [5.74, 6) is -0.476. The van der Waals surface area contributed by atoms with Crippen molar-refractivity contribution in [2.75, 3.05) is 19.4 Å². The molecule has 9 heteroatoms. The standard InChI is InChI=1S/C17H16F3N3O3/c1-21-14-8-5-12(9-15(14)23(25)26)16(24)22(2)10-11-3-6-13(7-4-11)17(18,19)20/h3-9,21H,10H2,1-2H3. The number of carbonyl (C=O) groups excluding carboxylic acids is 1. The van der Waals surface area contributed by atoms with E-state index in [9.17, 15) is 28.1 Å².